The lowest BCUT2D eigenvalue weighted by Gasteiger charge is -2.50. The minimum absolute atomic E-state index is 0.0985. The zero-order valence-corrected chi connectivity index (χ0v) is 11.3. The third-order valence-electron chi connectivity index (χ3n) is 3.65. The summed E-state index contributed by atoms with van der Waals surface area (Å²) >= 11 is 0. The lowest BCUT2D eigenvalue weighted by Crippen LogP contribution is -2.52. The molecule has 0 heterocycles. The van der Waals surface area contributed by atoms with Crippen LogP contribution >= 0.6 is 0 Å². The van der Waals surface area contributed by atoms with Crippen LogP contribution in [0.15, 0.2) is 0 Å². The Morgan fingerprint density at radius 1 is 0.933 bits per heavy atom. The minimum atomic E-state index is 0.0985. The van der Waals surface area contributed by atoms with Gasteiger partial charge in [-0.1, -0.05) is 47.5 Å². The fourth-order valence-electron chi connectivity index (χ4n) is 4.09. The van der Waals surface area contributed by atoms with Gasteiger partial charge in [-0.05, 0) is 36.5 Å². The molecule has 0 aromatic heterocycles. The second-order valence-electron chi connectivity index (χ2n) is 7.32. The fraction of sp³-hybridized carbons (Fsp3) is 1.00. The molecular formula is C14H29N. The van der Waals surface area contributed by atoms with E-state index < -0.39 is 0 Å². The highest BCUT2D eigenvalue weighted by molar-refractivity contribution is 5.00. The quantitative estimate of drug-likeness (QED) is 0.747. The highest BCUT2D eigenvalue weighted by Crippen LogP contribution is 2.50. The maximum absolute atomic E-state index is 6.60. The van der Waals surface area contributed by atoms with Crippen LogP contribution in [-0.2, 0) is 0 Å². The molecule has 2 N–H and O–H groups in total. The summed E-state index contributed by atoms with van der Waals surface area (Å²) in [4.78, 5) is 0. The van der Waals surface area contributed by atoms with Gasteiger partial charge in [0.05, 0.1) is 0 Å². The summed E-state index contributed by atoms with van der Waals surface area (Å²) in [5.41, 5.74) is 7.54. The van der Waals surface area contributed by atoms with E-state index in [0.717, 1.165) is 0 Å². The molecule has 0 saturated heterocycles. The molecule has 0 unspecified atom stereocenters. The normalized spacial score (nSPS) is 27.6. The van der Waals surface area contributed by atoms with Gasteiger partial charge in [-0.15, -0.1) is 0 Å². The molecule has 0 bridgehead atoms. The van der Waals surface area contributed by atoms with Gasteiger partial charge in [-0.2, -0.15) is 0 Å². The number of hydrogen-bond donors (Lipinski definition) is 1. The third-order valence-corrected chi connectivity index (χ3v) is 3.65. The van der Waals surface area contributed by atoms with Crippen molar-refractivity contribution >= 4 is 0 Å². The van der Waals surface area contributed by atoms with Crippen molar-refractivity contribution in [3.8, 4) is 0 Å². The van der Waals surface area contributed by atoms with E-state index in [1.165, 1.54) is 38.5 Å². The molecule has 0 aromatic carbocycles. The molecule has 0 spiro atoms. The van der Waals surface area contributed by atoms with Gasteiger partial charge in [0.15, 0.2) is 0 Å². The maximum Gasteiger partial charge on any atom is 0.0164 e. The van der Waals surface area contributed by atoms with Crippen LogP contribution in [0.25, 0.3) is 0 Å². The van der Waals surface area contributed by atoms with Crippen molar-refractivity contribution in [3.63, 3.8) is 0 Å². The molecule has 0 radical (unpaired) electrons. The van der Waals surface area contributed by atoms with Crippen LogP contribution in [0.4, 0.5) is 0 Å². The molecule has 1 saturated carbocycles. The van der Waals surface area contributed by atoms with Crippen LogP contribution < -0.4 is 5.73 Å². The van der Waals surface area contributed by atoms with Gasteiger partial charge < -0.3 is 5.73 Å². The predicted molar refractivity (Wildman–Crippen MR) is 67.9 cm³/mol. The molecule has 15 heavy (non-hydrogen) atoms. The molecule has 0 amide bonds. The standard InChI is InChI=1S/C14H29N/c1-6-7-8-14(15)10-12(2,3)9-13(4,5)11-14/h6-11,15H2,1-5H3. The van der Waals surface area contributed by atoms with E-state index >= 15 is 0 Å². The lowest BCUT2D eigenvalue weighted by molar-refractivity contribution is 0.0433. The van der Waals surface area contributed by atoms with Gasteiger partial charge in [0, 0.05) is 5.54 Å². The topological polar surface area (TPSA) is 26.0 Å². The molecule has 90 valence electrons. The van der Waals surface area contributed by atoms with Crippen molar-refractivity contribution in [3.05, 3.63) is 0 Å². The lowest BCUT2D eigenvalue weighted by atomic mass is 9.58. The van der Waals surface area contributed by atoms with Crippen molar-refractivity contribution in [1.82, 2.24) is 0 Å². The highest BCUT2D eigenvalue weighted by atomic mass is 14.8. The summed E-state index contributed by atoms with van der Waals surface area (Å²) in [6.45, 7) is 11.8. The van der Waals surface area contributed by atoms with Gasteiger partial charge in [-0.3, -0.25) is 0 Å². The van der Waals surface area contributed by atoms with E-state index in [1.807, 2.05) is 0 Å². The third kappa shape index (κ3) is 3.79. The van der Waals surface area contributed by atoms with Gasteiger partial charge in [-0.25, -0.2) is 0 Å². The first-order valence-corrected chi connectivity index (χ1v) is 6.47. The van der Waals surface area contributed by atoms with Gasteiger partial charge in [0.2, 0.25) is 0 Å². The number of nitrogens with two attached hydrogens (primary N) is 1. The Balaban J connectivity index is 2.73. The zero-order valence-electron chi connectivity index (χ0n) is 11.3. The van der Waals surface area contributed by atoms with Crippen molar-refractivity contribution in [2.45, 2.75) is 78.7 Å². The van der Waals surface area contributed by atoms with Crippen LogP contribution in [0.2, 0.25) is 0 Å². The molecule has 0 atom stereocenters. The Morgan fingerprint density at radius 2 is 1.40 bits per heavy atom. The van der Waals surface area contributed by atoms with E-state index in [1.54, 1.807) is 0 Å². The van der Waals surface area contributed by atoms with Crippen molar-refractivity contribution in [2.75, 3.05) is 0 Å². The Kier molecular flexibility index (Phi) is 3.55. The Labute approximate surface area is 95.8 Å². The Bertz CT molecular complexity index is 199. The molecule has 0 aromatic rings. The summed E-state index contributed by atoms with van der Waals surface area (Å²) < 4.78 is 0. The largest absolute Gasteiger partial charge is 0.325 e. The predicted octanol–water partition coefficient (Wildman–Crippen LogP) is 4.11. The summed E-state index contributed by atoms with van der Waals surface area (Å²) in [5, 5.41) is 0. The van der Waals surface area contributed by atoms with Gasteiger partial charge >= 0.3 is 0 Å². The first kappa shape index (κ1) is 13.0. The second kappa shape index (κ2) is 4.08. The van der Waals surface area contributed by atoms with Crippen LogP contribution in [-0.4, -0.2) is 5.54 Å². The van der Waals surface area contributed by atoms with Crippen LogP contribution in [0, 0.1) is 10.8 Å². The first-order chi connectivity index (χ1) is 6.68. The summed E-state index contributed by atoms with van der Waals surface area (Å²) in [5.74, 6) is 0. The molecule has 1 heteroatoms. The maximum atomic E-state index is 6.60. The highest BCUT2D eigenvalue weighted by Gasteiger charge is 2.44. The van der Waals surface area contributed by atoms with Crippen molar-refractivity contribution in [1.29, 1.82) is 0 Å². The molecular weight excluding hydrogens is 182 g/mol. The van der Waals surface area contributed by atoms with E-state index in [9.17, 15) is 0 Å². The van der Waals surface area contributed by atoms with E-state index in [2.05, 4.69) is 34.6 Å². The number of unbranched alkanes of at least 4 members (excludes halogenated alkanes) is 1. The van der Waals surface area contributed by atoms with Crippen LogP contribution in [0.1, 0.15) is 73.1 Å². The van der Waals surface area contributed by atoms with Crippen molar-refractivity contribution in [2.24, 2.45) is 16.6 Å². The summed E-state index contributed by atoms with van der Waals surface area (Å²) in [6.07, 6.45) is 7.46. The molecule has 0 aliphatic heterocycles. The minimum Gasteiger partial charge on any atom is -0.325 e. The zero-order chi connectivity index (χ0) is 11.7. The molecule has 1 fully saturated rings. The van der Waals surface area contributed by atoms with E-state index in [-0.39, 0.29) is 5.54 Å². The smallest absolute Gasteiger partial charge is 0.0164 e. The molecule has 1 aliphatic carbocycles. The average molecular weight is 211 g/mol. The van der Waals surface area contributed by atoms with Crippen LogP contribution in [0.5, 0.6) is 0 Å². The van der Waals surface area contributed by atoms with E-state index in [4.69, 9.17) is 5.73 Å². The second-order valence-corrected chi connectivity index (χ2v) is 7.32. The first-order valence-electron chi connectivity index (χ1n) is 6.47. The molecule has 1 aliphatic rings. The van der Waals surface area contributed by atoms with Crippen molar-refractivity contribution < 1.29 is 0 Å². The number of rotatable bonds is 3. The van der Waals surface area contributed by atoms with Gasteiger partial charge in [0.1, 0.15) is 0 Å². The molecule has 1 nitrogen and oxygen atoms in total. The van der Waals surface area contributed by atoms with Gasteiger partial charge in [0.25, 0.3) is 0 Å². The fourth-order valence-corrected chi connectivity index (χ4v) is 4.09. The monoisotopic (exact) mass is 211 g/mol. The average Bonchev–Trinajstić information content (AvgIpc) is 1.93. The molecule has 1 rings (SSSR count). The Morgan fingerprint density at radius 3 is 1.80 bits per heavy atom. The Hall–Kier alpha value is -0.0400. The summed E-state index contributed by atoms with van der Waals surface area (Å²) in [7, 11) is 0. The summed E-state index contributed by atoms with van der Waals surface area (Å²) in [6, 6.07) is 0. The van der Waals surface area contributed by atoms with Crippen LogP contribution in [0.3, 0.4) is 0 Å². The van der Waals surface area contributed by atoms with E-state index in [0.29, 0.717) is 10.8 Å². The SMILES string of the molecule is CCCCC1(N)CC(C)(C)CC(C)(C)C1. The number of hydrogen-bond acceptors (Lipinski definition) is 1.